The average molecular weight is 262 g/mol. The minimum absolute atomic E-state index is 0.172. The van der Waals surface area contributed by atoms with E-state index in [-0.39, 0.29) is 11.8 Å². The van der Waals surface area contributed by atoms with Crippen LogP contribution in [0.4, 0.5) is 5.69 Å². The molecule has 0 saturated heterocycles. The molecule has 2 rings (SSSR count). The molecule has 0 radical (unpaired) electrons. The van der Waals surface area contributed by atoms with Gasteiger partial charge in [-0.25, -0.2) is 0 Å². The van der Waals surface area contributed by atoms with Crippen LogP contribution < -0.4 is 5.32 Å². The van der Waals surface area contributed by atoms with Crippen molar-refractivity contribution in [1.29, 1.82) is 0 Å². The fraction of sp³-hybridized carbons (Fsp3) is 0.200. The van der Waals surface area contributed by atoms with Crippen molar-refractivity contribution in [1.82, 2.24) is 0 Å². The second-order valence-electron chi connectivity index (χ2n) is 4.42. The van der Waals surface area contributed by atoms with E-state index in [0.29, 0.717) is 0 Å². The Morgan fingerprint density at radius 1 is 1.11 bits per heavy atom. The summed E-state index contributed by atoms with van der Waals surface area (Å²) in [4.78, 5) is 0. The summed E-state index contributed by atoms with van der Waals surface area (Å²) in [5.74, 6) is 0.286. The molecule has 2 aromatic rings. The summed E-state index contributed by atoms with van der Waals surface area (Å²) in [5, 5.41) is 13.4. The monoisotopic (exact) mass is 261 g/mol. The maximum Gasteiger partial charge on any atom is 0.115 e. The summed E-state index contributed by atoms with van der Waals surface area (Å²) in [6.07, 6.45) is 0. The number of phenolic OH excluding ortho intramolecular Hbond substituents is 1. The van der Waals surface area contributed by atoms with E-state index >= 15 is 0 Å². The van der Waals surface area contributed by atoms with Gasteiger partial charge in [0.1, 0.15) is 5.75 Å². The van der Waals surface area contributed by atoms with E-state index < -0.39 is 0 Å². The minimum Gasteiger partial charge on any atom is -0.508 e. The SMILES string of the molecule is Cc1cc(Cl)ccc1NC(C)c1ccc(O)cc1. The number of benzene rings is 2. The third-order valence-electron chi connectivity index (χ3n) is 2.95. The molecule has 3 heteroatoms. The van der Waals surface area contributed by atoms with Crippen molar-refractivity contribution in [3.63, 3.8) is 0 Å². The van der Waals surface area contributed by atoms with Gasteiger partial charge in [0.25, 0.3) is 0 Å². The van der Waals surface area contributed by atoms with Gasteiger partial charge in [-0.1, -0.05) is 23.7 Å². The Kier molecular flexibility index (Phi) is 3.78. The van der Waals surface area contributed by atoms with E-state index in [1.54, 1.807) is 12.1 Å². The van der Waals surface area contributed by atoms with Gasteiger partial charge in [-0.15, -0.1) is 0 Å². The fourth-order valence-electron chi connectivity index (χ4n) is 1.87. The molecule has 0 fully saturated rings. The van der Waals surface area contributed by atoms with E-state index in [9.17, 15) is 5.11 Å². The van der Waals surface area contributed by atoms with Gasteiger partial charge in [-0.05, 0) is 55.3 Å². The topological polar surface area (TPSA) is 32.3 Å². The van der Waals surface area contributed by atoms with Crippen LogP contribution in [0.5, 0.6) is 5.75 Å². The van der Waals surface area contributed by atoms with E-state index in [1.165, 1.54) is 0 Å². The highest BCUT2D eigenvalue weighted by molar-refractivity contribution is 6.30. The van der Waals surface area contributed by atoms with Gasteiger partial charge in [0.15, 0.2) is 0 Å². The fourth-order valence-corrected chi connectivity index (χ4v) is 2.10. The number of halogens is 1. The van der Waals surface area contributed by atoms with Crippen LogP contribution in [0.1, 0.15) is 24.1 Å². The molecule has 2 aromatic carbocycles. The first-order valence-corrected chi connectivity index (χ1v) is 6.25. The van der Waals surface area contributed by atoms with Crippen molar-refractivity contribution in [2.24, 2.45) is 0 Å². The summed E-state index contributed by atoms with van der Waals surface area (Å²) >= 11 is 5.93. The predicted molar refractivity (Wildman–Crippen MR) is 76.3 cm³/mol. The van der Waals surface area contributed by atoms with Crippen molar-refractivity contribution >= 4 is 17.3 Å². The lowest BCUT2D eigenvalue weighted by Crippen LogP contribution is -2.07. The number of hydrogen-bond acceptors (Lipinski definition) is 2. The quantitative estimate of drug-likeness (QED) is 0.851. The lowest BCUT2D eigenvalue weighted by molar-refractivity contribution is 0.475. The average Bonchev–Trinajstić information content (AvgIpc) is 2.33. The smallest absolute Gasteiger partial charge is 0.115 e. The normalized spacial score (nSPS) is 12.2. The molecule has 0 bridgehead atoms. The van der Waals surface area contributed by atoms with Crippen LogP contribution in [-0.2, 0) is 0 Å². The Morgan fingerprint density at radius 2 is 1.78 bits per heavy atom. The molecule has 18 heavy (non-hydrogen) atoms. The molecule has 0 saturated carbocycles. The van der Waals surface area contributed by atoms with E-state index in [0.717, 1.165) is 21.8 Å². The van der Waals surface area contributed by atoms with Crippen LogP contribution in [0.3, 0.4) is 0 Å². The van der Waals surface area contributed by atoms with Crippen molar-refractivity contribution < 1.29 is 5.11 Å². The van der Waals surface area contributed by atoms with E-state index in [2.05, 4.69) is 12.2 Å². The molecule has 0 aliphatic carbocycles. The summed E-state index contributed by atoms with van der Waals surface area (Å²) in [7, 11) is 0. The van der Waals surface area contributed by atoms with Gasteiger partial charge in [0.2, 0.25) is 0 Å². The molecule has 0 spiro atoms. The first-order chi connectivity index (χ1) is 8.56. The summed E-state index contributed by atoms with van der Waals surface area (Å²) < 4.78 is 0. The lowest BCUT2D eigenvalue weighted by Gasteiger charge is -2.17. The third kappa shape index (κ3) is 2.96. The summed E-state index contributed by atoms with van der Waals surface area (Å²) in [6.45, 7) is 4.11. The Morgan fingerprint density at radius 3 is 2.39 bits per heavy atom. The Labute approximate surface area is 112 Å². The molecule has 1 unspecified atom stereocenters. The van der Waals surface area contributed by atoms with Crippen LogP contribution >= 0.6 is 11.6 Å². The Balaban J connectivity index is 2.15. The highest BCUT2D eigenvalue weighted by atomic mass is 35.5. The first kappa shape index (κ1) is 12.8. The second-order valence-corrected chi connectivity index (χ2v) is 4.85. The molecule has 0 aliphatic rings. The number of hydrogen-bond donors (Lipinski definition) is 2. The zero-order valence-electron chi connectivity index (χ0n) is 10.4. The van der Waals surface area contributed by atoms with Crippen molar-refractivity contribution in [3.05, 3.63) is 58.6 Å². The van der Waals surface area contributed by atoms with Gasteiger partial charge >= 0.3 is 0 Å². The van der Waals surface area contributed by atoms with Gasteiger partial charge in [0.05, 0.1) is 0 Å². The molecule has 94 valence electrons. The molecule has 1 atom stereocenters. The third-order valence-corrected chi connectivity index (χ3v) is 3.19. The first-order valence-electron chi connectivity index (χ1n) is 5.88. The summed E-state index contributed by atoms with van der Waals surface area (Å²) in [6, 6.07) is 13.2. The van der Waals surface area contributed by atoms with Crippen molar-refractivity contribution in [2.45, 2.75) is 19.9 Å². The number of rotatable bonds is 3. The van der Waals surface area contributed by atoms with Gasteiger partial charge in [-0.2, -0.15) is 0 Å². The van der Waals surface area contributed by atoms with Crippen LogP contribution in [0, 0.1) is 6.92 Å². The Bertz CT molecular complexity index is 537. The maximum absolute atomic E-state index is 9.27. The summed E-state index contributed by atoms with van der Waals surface area (Å²) in [5.41, 5.74) is 3.32. The predicted octanol–water partition coefficient (Wildman–Crippen LogP) is 4.53. The second kappa shape index (κ2) is 5.32. The largest absolute Gasteiger partial charge is 0.508 e. The molecule has 2 N–H and O–H groups in total. The van der Waals surface area contributed by atoms with E-state index in [4.69, 9.17) is 11.6 Å². The molecule has 2 nitrogen and oxygen atoms in total. The van der Waals surface area contributed by atoms with Crippen LogP contribution in [0.2, 0.25) is 5.02 Å². The molecule has 0 amide bonds. The van der Waals surface area contributed by atoms with Gasteiger partial charge in [-0.3, -0.25) is 0 Å². The van der Waals surface area contributed by atoms with Gasteiger partial charge in [0, 0.05) is 16.8 Å². The number of aryl methyl sites for hydroxylation is 1. The number of nitrogens with one attached hydrogen (secondary N) is 1. The van der Waals surface area contributed by atoms with Crippen LogP contribution in [0.15, 0.2) is 42.5 Å². The minimum atomic E-state index is 0.172. The van der Waals surface area contributed by atoms with Crippen molar-refractivity contribution in [3.8, 4) is 5.75 Å². The highest BCUT2D eigenvalue weighted by Gasteiger charge is 2.07. The number of aromatic hydroxyl groups is 1. The van der Waals surface area contributed by atoms with Crippen molar-refractivity contribution in [2.75, 3.05) is 5.32 Å². The highest BCUT2D eigenvalue weighted by Crippen LogP contribution is 2.25. The molecule has 0 heterocycles. The zero-order chi connectivity index (χ0) is 13.1. The zero-order valence-corrected chi connectivity index (χ0v) is 11.2. The molecular weight excluding hydrogens is 246 g/mol. The standard InChI is InChI=1S/C15H16ClNO/c1-10-9-13(16)5-8-15(10)17-11(2)12-3-6-14(18)7-4-12/h3-9,11,17-18H,1-2H3. The lowest BCUT2D eigenvalue weighted by atomic mass is 10.1. The number of phenols is 1. The molecule has 0 aromatic heterocycles. The van der Waals surface area contributed by atoms with Gasteiger partial charge < -0.3 is 10.4 Å². The van der Waals surface area contributed by atoms with Crippen LogP contribution in [-0.4, -0.2) is 5.11 Å². The van der Waals surface area contributed by atoms with Crippen LogP contribution in [0.25, 0.3) is 0 Å². The number of anilines is 1. The maximum atomic E-state index is 9.27. The van der Waals surface area contributed by atoms with E-state index in [1.807, 2.05) is 37.3 Å². The molecular formula is C15H16ClNO. The Hall–Kier alpha value is -1.67. The molecule has 0 aliphatic heterocycles.